The third kappa shape index (κ3) is 15.0. The van der Waals surface area contributed by atoms with Gasteiger partial charge in [0.25, 0.3) is 0 Å². The molecule has 59 heavy (non-hydrogen) atoms. The highest BCUT2D eigenvalue weighted by molar-refractivity contribution is 6.04. The molecule has 1 heterocycles. The minimum atomic E-state index is -1.45. The molecule has 0 fully saturated rings. The summed E-state index contributed by atoms with van der Waals surface area (Å²) in [5, 5.41) is 55.8. The Balaban J connectivity index is 2.43. The van der Waals surface area contributed by atoms with Gasteiger partial charge in [-0.3, -0.25) is 14.4 Å². The first-order chi connectivity index (χ1) is 27.7. The van der Waals surface area contributed by atoms with Crippen LogP contribution in [0.25, 0.3) is 0 Å². The first-order valence-electron chi connectivity index (χ1n) is 20.0. The molecule has 0 aromatic carbocycles. The monoisotopic (exact) mass is 831 g/mol. The van der Waals surface area contributed by atoms with Crippen LogP contribution in [0.1, 0.15) is 81.1 Å². The number of aliphatic hydroxyl groups excluding tert-OH is 5. The van der Waals surface area contributed by atoms with Crippen molar-refractivity contribution in [3.05, 3.63) is 70.9 Å². The van der Waals surface area contributed by atoms with Crippen LogP contribution in [0.3, 0.4) is 0 Å². The van der Waals surface area contributed by atoms with E-state index in [1.54, 1.807) is 58.9 Å². The summed E-state index contributed by atoms with van der Waals surface area (Å²) in [6.45, 7) is 13.3. The first-order valence-corrected chi connectivity index (χ1v) is 20.0. The standard InChI is InChI=1S/C44H65NO14/c1-23(2)40(52)28(7)35(58-38(51)17-16-37(50)45-39-31(47)14-15-32(39)48)21-33(49)27(6)42(54)29(8)43-34(56-9)13-11-12-30(22-46)20-26(5)41(53)25(4)18-24(3)19-36(57-10)44(55)59-43/h11-13,16-19,23,25-29,34-35,40-43,46-47,52-54H,14-15,20-22H2,1-10H3,(H,45,50)/b13-11+,17-16+,24-18+,30-12-,36-19-/t25-,26+,27-,28+,29+,34+,35+,40-,41-,42+,43-/m1/s1. The Hall–Kier alpha value is -4.41. The number of methoxy groups -OCH3 is 2. The van der Waals surface area contributed by atoms with Gasteiger partial charge in [-0.1, -0.05) is 78.3 Å². The van der Waals surface area contributed by atoms with Crippen LogP contribution in [0.5, 0.6) is 0 Å². The van der Waals surface area contributed by atoms with Gasteiger partial charge in [0.15, 0.2) is 5.78 Å². The molecule has 2 rings (SSSR count). The van der Waals surface area contributed by atoms with Crippen LogP contribution in [-0.2, 0) is 42.9 Å². The predicted octanol–water partition coefficient (Wildman–Crippen LogP) is 3.86. The molecule has 0 saturated carbocycles. The molecule has 0 aromatic heterocycles. The smallest absolute Gasteiger partial charge is 0.373 e. The SMILES string of the molecule is CO/C1=C\C(C)=C\[C@@H](C)[C@@H](O)[C@@H](C)C/C(CO)=C/C=C/[C@H](OC)[C@@H]([C@@H](C)[C@@H](O)[C@H](C)C(=O)C[C@H](OC(=O)/C=C/C(=O)NC2=C(O)CCC2=O)[C@H](C)[C@H](O)C(C)C)OC1=O. The Labute approximate surface area is 347 Å². The fourth-order valence-electron chi connectivity index (χ4n) is 7.15. The number of allylic oxidation sites excluding steroid dienone is 6. The highest BCUT2D eigenvalue weighted by Crippen LogP contribution is 2.29. The van der Waals surface area contributed by atoms with Crippen molar-refractivity contribution in [2.24, 2.45) is 35.5 Å². The van der Waals surface area contributed by atoms with E-state index >= 15 is 0 Å². The van der Waals surface area contributed by atoms with Crippen LogP contribution in [0, 0.1) is 35.5 Å². The van der Waals surface area contributed by atoms with Crippen molar-refractivity contribution in [1.29, 1.82) is 0 Å². The maximum Gasteiger partial charge on any atom is 0.373 e. The Morgan fingerprint density at radius 1 is 1.02 bits per heavy atom. The molecular weight excluding hydrogens is 766 g/mol. The number of amides is 1. The van der Waals surface area contributed by atoms with Gasteiger partial charge in [0, 0.05) is 62.2 Å². The number of ketones is 2. The van der Waals surface area contributed by atoms with E-state index in [1.807, 2.05) is 13.8 Å². The summed E-state index contributed by atoms with van der Waals surface area (Å²) in [4.78, 5) is 64.8. The molecule has 1 aliphatic carbocycles. The molecule has 0 aromatic rings. The quantitative estimate of drug-likeness (QED) is 0.0958. The van der Waals surface area contributed by atoms with E-state index in [2.05, 4.69) is 5.32 Å². The molecule has 11 atom stereocenters. The number of cyclic esters (lactones) is 1. The fourth-order valence-corrected chi connectivity index (χ4v) is 7.15. The summed E-state index contributed by atoms with van der Waals surface area (Å²) in [7, 11) is 2.68. The molecule has 6 N–H and O–H groups in total. The maximum absolute atomic E-state index is 13.9. The molecule has 2 aliphatic rings. The highest BCUT2D eigenvalue weighted by atomic mass is 16.6. The van der Waals surface area contributed by atoms with Crippen LogP contribution >= 0.6 is 0 Å². The zero-order chi connectivity index (χ0) is 44.7. The second-order valence-electron chi connectivity index (χ2n) is 16.0. The van der Waals surface area contributed by atoms with Gasteiger partial charge in [0.2, 0.25) is 11.7 Å². The van der Waals surface area contributed by atoms with Crippen molar-refractivity contribution >= 4 is 29.4 Å². The number of rotatable bonds is 16. The maximum atomic E-state index is 13.9. The van der Waals surface area contributed by atoms with E-state index in [4.69, 9.17) is 18.9 Å². The number of carbonyl (C=O) groups is 5. The van der Waals surface area contributed by atoms with Gasteiger partial charge in [0.05, 0.1) is 32.0 Å². The second kappa shape index (κ2) is 24.0. The van der Waals surface area contributed by atoms with Crippen molar-refractivity contribution in [2.45, 2.75) is 118 Å². The number of Topliss-reactive ketones (excluding diaryl/α,β-unsaturated/α-hetero) is 2. The number of ether oxygens (including phenoxy) is 4. The van der Waals surface area contributed by atoms with Gasteiger partial charge in [-0.05, 0) is 36.8 Å². The summed E-state index contributed by atoms with van der Waals surface area (Å²) in [5.41, 5.74) is 0.998. The molecule has 0 bridgehead atoms. The van der Waals surface area contributed by atoms with E-state index in [0.29, 0.717) is 17.6 Å². The molecule has 1 amide bonds. The number of hydrogen-bond acceptors (Lipinski definition) is 14. The Morgan fingerprint density at radius 3 is 2.24 bits per heavy atom. The zero-order valence-electron chi connectivity index (χ0n) is 35.9. The average Bonchev–Trinajstić information content (AvgIpc) is 3.51. The van der Waals surface area contributed by atoms with Gasteiger partial charge in [-0.15, -0.1) is 0 Å². The van der Waals surface area contributed by atoms with E-state index in [-0.39, 0.29) is 54.4 Å². The van der Waals surface area contributed by atoms with Crippen molar-refractivity contribution in [3.63, 3.8) is 0 Å². The number of nitrogens with one attached hydrogen (secondary N) is 1. The van der Waals surface area contributed by atoms with Gasteiger partial charge in [-0.2, -0.15) is 0 Å². The van der Waals surface area contributed by atoms with E-state index in [9.17, 15) is 49.5 Å². The molecule has 0 saturated heterocycles. The van der Waals surface area contributed by atoms with E-state index in [1.165, 1.54) is 27.2 Å². The summed E-state index contributed by atoms with van der Waals surface area (Å²) >= 11 is 0. The average molecular weight is 832 g/mol. The highest BCUT2D eigenvalue weighted by Gasteiger charge is 2.40. The topological polar surface area (TPSA) is 235 Å². The van der Waals surface area contributed by atoms with Crippen LogP contribution in [0.2, 0.25) is 0 Å². The molecule has 0 radical (unpaired) electrons. The van der Waals surface area contributed by atoms with Crippen molar-refractivity contribution in [2.75, 3.05) is 20.8 Å². The molecule has 15 heteroatoms. The summed E-state index contributed by atoms with van der Waals surface area (Å²) in [5.74, 6) is -7.87. The summed E-state index contributed by atoms with van der Waals surface area (Å²) < 4.78 is 22.7. The molecule has 0 unspecified atom stereocenters. The lowest BCUT2D eigenvalue weighted by Crippen LogP contribution is -2.46. The van der Waals surface area contributed by atoms with Crippen LogP contribution in [-0.4, -0.2) is 112 Å². The minimum absolute atomic E-state index is 0.0417. The van der Waals surface area contributed by atoms with Crippen molar-refractivity contribution in [1.82, 2.24) is 5.32 Å². The molecule has 0 spiro atoms. The lowest BCUT2D eigenvalue weighted by Gasteiger charge is -2.34. The lowest BCUT2D eigenvalue weighted by atomic mass is 9.81. The molecule has 1 aliphatic heterocycles. The molecule has 15 nitrogen and oxygen atoms in total. The van der Waals surface area contributed by atoms with Gasteiger partial charge >= 0.3 is 11.9 Å². The van der Waals surface area contributed by atoms with Crippen molar-refractivity contribution < 1.29 is 68.5 Å². The van der Waals surface area contributed by atoms with Gasteiger partial charge < -0.3 is 49.8 Å². The predicted molar refractivity (Wildman–Crippen MR) is 218 cm³/mol. The number of esters is 2. The summed E-state index contributed by atoms with van der Waals surface area (Å²) in [6, 6.07) is 0. The van der Waals surface area contributed by atoms with E-state index in [0.717, 1.165) is 12.2 Å². The van der Waals surface area contributed by atoms with Crippen molar-refractivity contribution in [3.8, 4) is 0 Å². The normalized spacial score (nSPS) is 28.8. The fraction of sp³-hybridized carbons (Fsp3) is 0.614. The number of hydrogen-bond donors (Lipinski definition) is 6. The third-order valence-corrected chi connectivity index (χ3v) is 11.0. The van der Waals surface area contributed by atoms with Crippen LogP contribution < -0.4 is 5.32 Å². The lowest BCUT2D eigenvalue weighted by molar-refractivity contribution is -0.162. The van der Waals surface area contributed by atoms with E-state index < -0.39 is 90.2 Å². The minimum Gasteiger partial charge on any atom is -0.510 e. The third-order valence-electron chi connectivity index (χ3n) is 11.0. The second-order valence-corrected chi connectivity index (χ2v) is 16.0. The van der Waals surface area contributed by atoms with Crippen LogP contribution in [0.15, 0.2) is 70.9 Å². The molecular formula is C44H65NO14. The molecule has 330 valence electrons. The number of carbonyl (C=O) groups excluding carboxylic acids is 5. The Kier molecular flexibility index (Phi) is 20.6. The first kappa shape index (κ1) is 50.7. The van der Waals surface area contributed by atoms with Crippen LogP contribution in [0.4, 0.5) is 0 Å². The Bertz CT molecular complexity index is 1670. The number of aliphatic hydroxyl groups is 5. The largest absolute Gasteiger partial charge is 0.510 e. The van der Waals surface area contributed by atoms with Gasteiger partial charge in [0.1, 0.15) is 35.6 Å². The van der Waals surface area contributed by atoms with Gasteiger partial charge in [-0.25, -0.2) is 9.59 Å². The zero-order valence-corrected chi connectivity index (χ0v) is 35.9. The Morgan fingerprint density at radius 2 is 1.68 bits per heavy atom. The summed E-state index contributed by atoms with van der Waals surface area (Å²) in [6.07, 6.45) is 3.26.